The number of fused-ring (bicyclic) bond motifs is 1. The Kier molecular flexibility index (Phi) is 3.76. The first-order valence-corrected chi connectivity index (χ1v) is 7.35. The Bertz CT molecular complexity index is 440. The highest BCUT2D eigenvalue weighted by atomic mass is 16.5. The van der Waals surface area contributed by atoms with Crippen LogP contribution in [-0.4, -0.2) is 31.9 Å². The predicted molar refractivity (Wildman–Crippen MR) is 76.5 cm³/mol. The number of anilines is 1. The number of benzene rings is 1. The van der Waals surface area contributed by atoms with Crippen molar-refractivity contribution in [2.24, 2.45) is 5.92 Å². The molecule has 0 spiro atoms. The average Bonchev–Trinajstić information content (AvgIpc) is 2.47. The van der Waals surface area contributed by atoms with Gasteiger partial charge in [0.05, 0.1) is 6.10 Å². The van der Waals surface area contributed by atoms with Crippen LogP contribution >= 0.6 is 0 Å². The monoisotopic (exact) mass is 261 g/mol. The van der Waals surface area contributed by atoms with Crippen molar-refractivity contribution in [3.63, 3.8) is 0 Å². The van der Waals surface area contributed by atoms with Crippen LogP contribution in [0.4, 0.5) is 5.69 Å². The molecule has 0 saturated carbocycles. The highest BCUT2D eigenvalue weighted by molar-refractivity contribution is 5.56. The van der Waals surface area contributed by atoms with E-state index in [4.69, 9.17) is 4.74 Å². The van der Waals surface area contributed by atoms with Crippen LogP contribution in [-0.2, 0) is 11.2 Å². The minimum atomic E-state index is -0.332. The van der Waals surface area contributed by atoms with Gasteiger partial charge >= 0.3 is 0 Å². The van der Waals surface area contributed by atoms with E-state index < -0.39 is 0 Å². The first-order chi connectivity index (χ1) is 9.25. The molecule has 0 aliphatic carbocycles. The molecule has 3 rings (SSSR count). The molecular formula is C16H23NO2. The molecule has 1 saturated heterocycles. The minimum Gasteiger partial charge on any atom is -0.388 e. The van der Waals surface area contributed by atoms with Crippen LogP contribution in [0, 0.1) is 5.92 Å². The van der Waals surface area contributed by atoms with Crippen molar-refractivity contribution in [2.45, 2.75) is 31.8 Å². The van der Waals surface area contributed by atoms with Crippen molar-refractivity contribution >= 4 is 5.69 Å². The SMILES string of the molecule is CN1CCCc2cc(C(O)C3CCOCC3)ccc21. The first-order valence-electron chi connectivity index (χ1n) is 7.35. The van der Waals surface area contributed by atoms with Gasteiger partial charge in [0, 0.05) is 32.5 Å². The molecule has 0 radical (unpaired) electrons. The number of aliphatic hydroxyl groups excluding tert-OH is 1. The lowest BCUT2D eigenvalue weighted by Crippen LogP contribution is -2.25. The van der Waals surface area contributed by atoms with Gasteiger partial charge in [0.2, 0.25) is 0 Å². The summed E-state index contributed by atoms with van der Waals surface area (Å²) in [5.41, 5.74) is 3.80. The highest BCUT2D eigenvalue weighted by Crippen LogP contribution is 2.34. The van der Waals surface area contributed by atoms with Gasteiger partial charge in [-0.25, -0.2) is 0 Å². The van der Waals surface area contributed by atoms with Gasteiger partial charge in [0.1, 0.15) is 0 Å². The third-order valence-electron chi connectivity index (χ3n) is 4.51. The molecule has 2 heterocycles. The maximum Gasteiger partial charge on any atom is 0.0820 e. The maximum absolute atomic E-state index is 10.5. The van der Waals surface area contributed by atoms with E-state index in [0.717, 1.165) is 44.6 Å². The van der Waals surface area contributed by atoms with E-state index >= 15 is 0 Å². The molecule has 2 aliphatic rings. The Morgan fingerprint density at radius 1 is 1.32 bits per heavy atom. The summed E-state index contributed by atoms with van der Waals surface area (Å²) in [6, 6.07) is 6.48. The molecule has 2 aliphatic heterocycles. The number of aryl methyl sites for hydroxylation is 1. The van der Waals surface area contributed by atoms with Crippen LogP contribution < -0.4 is 4.90 Å². The van der Waals surface area contributed by atoms with Gasteiger partial charge in [0.25, 0.3) is 0 Å². The first kappa shape index (κ1) is 12.9. The van der Waals surface area contributed by atoms with Crippen molar-refractivity contribution in [3.8, 4) is 0 Å². The van der Waals surface area contributed by atoms with Gasteiger partial charge in [0.15, 0.2) is 0 Å². The molecular weight excluding hydrogens is 238 g/mol. The molecule has 1 aromatic rings. The smallest absolute Gasteiger partial charge is 0.0820 e. The molecule has 0 aromatic heterocycles. The van der Waals surface area contributed by atoms with Crippen LogP contribution in [0.5, 0.6) is 0 Å². The lowest BCUT2D eigenvalue weighted by Gasteiger charge is -2.30. The summed E-state index contributed by atoms with van der Waals surface area (Å²) in [5, 5.41) is 10.5. The maximum atomic E-state index is 10.5. The van der Waals surface area contributed by atoms with Crippen LogP contribution in [0.3, 0.4) is 0 Å². The average molecular weight is 261 g/mol. The van der Waals surface area contributed by atoms with Crippen LogP contribution in [0.25, 0.3) is 0 Å². The highest BCUT2D eigenvalue weighted by Gasteiger charge is 2.24. The van der Waals surface area contributed by atoms with Crippen molar-refractivity contribution in [3.05, 3.63) is 29.3 Å². The van der Waals surface area contributed by atoms with Crippen molar-refractivity contribution in [1.82, 2.24) is 0 Å². The van der Waals surface area contributed by atoms with Crippen molar-refractivity contribution in [1.29, 1.82) is 0 Å². The minimum absolute atomic E-state index is 0.332. The van der Waals surface area contributed by atoms with Crippen LogP contribution in [0.1, 0.15) is 36.5 Å². The molecule has 0 bridgehead atoms. The summed E-state index contributed by atoms with van der Waals surface area (Å²) in [4.78, 5) is 2.31. The fourth-order valence-electron chi connectivity index (χ4n) is 3.29. The number of hydrogen-bond acceptors (Lipinski definition) is 3. The van der Waals surface area contributed by atoms with Gasteiger partial charge < -0.3 is 14.7 Å². The molecule has 1 fully saturated rings. The van der Waals surface area contributed by atoms with E-state index in [2.05, 4.69) is 30.1 Å². The lowest BCUT2D eigenvalue weighted by atomic mass is 9.87. The third kappa shape index (κ3) is 2.63. The quantitative estimate of drug-likeness (QED) is 0.888. The Morgan fingerprint density at radius 3 is 2.89 bits per heavy atom. The van der Waals surface area contributed by atoms with E-state index in [0.29, 0.717) is 5.92 Å². The molecule has 1 N–H and O–H groups in total. The van der Waals surface area contributed by atoms with E-state index in [-0.39, 0.29) is 6.10 Å². The second-order valence-electron chi connectivity index (χ2n) is 5.81. The van der Waals surface area contributed by atoms with Gasteiger partial charge in [-0.05, 0) is 48.8 Å². The van der Waals surface area contributed by atoms with Gasteiger partial charge in [-0.15, -0.1) is 0 Å². The standard InChI is InChI=1S/C16H23NO2/c1-17-8-2-3-13-11-14(4-5-15(13)17)16(18)12-6-9-19-10-7-12/h4-5,11-12,16,18H,2-3,6-10H2,1H3. The number of nitrogens with zero attached hydrogens (tertiary/aromatic N) is 1. The second kappa shape index (κ2) is 5.51. The molecule has 1 aromatic carbocycles. The van der Waals surface area contributed by atoms with E-state index in [9.17, 15) is 5.11 Å². The Morgan fingerprint density at radius 2 is 2.11 bits per heavy atom. The predicted octanol–water partition coefficient (Wildman–Crippen LogP) is 2.53. The number of aliphatic hydroxyl groups is 1. The normalized spacial score (nSPS) is 22.1. The Balaban J connectivity index is 1.81. The summed E-state index contributed by atoms with van der Waals surface area (Å²) in [5.74, 6) is 0.355. The van der Waals surface area contributed by atoms with Crippen molar-refractivity contribution < 1.29 is 9.84 Å². The molecule has 1 atom stereocenters. The lowest BCUT2D eigenvalue weighted by molar-refractivity contribution is 0.00716. The number of ether oxygens (including phenoxy) is 1. The van der Waals surface area contributed by atoms with Crippen LogP contribution in [0.2, 0.25) is 0 Å². The molecule has 1 unspecified atom stereocenters. The van der Waals surface area contributed by atoms with E-state index in [1.807, 2.05) is 0 Å². The molecule has 104 valence electrons. The Labute approximate surface area is 115 Å². The summed E-state index contributed by atoms with van der Waals surface area (Å²) in [6.07, 6.45) is 3.95. The van der Waals surface area contributed by atoms with E-state index in [1.54, 1.807) is 0 Å². The third-order valence-corrected chi connectivity index (χ3v) is 4.51. The van der Waals surface area contributed by atoms with Gasteiger partial charge in [-0.3, -0.25) is 0 Å². The topological polar surface area (TPSA) is 32.7 Å². The van der Waals surface area contributed by atoms with Crippen LogP contribution in [0.15, 0.2) is 18.2 Å². The van der Waals surface area contributed by atoms with Crippen molar-refractivity contribution in [2.75, 3.05) is 31.7 Å². The van der Waals surface area contributed by atoms with Gasteiger partial charge in [-0.2, -0.15) is 0 Å². The Hall–Kier alpha value is -1.06. The fourth-order valence-corrected chi connectivity index (χ4v) is 3.29. The van der Waals surface area contributed by atoms with E-state index in [1.165, 1.54) is 17.7 Å². The van der Waals surface area contributed by atoms with Gasteiger partial charge in [-0.1, -0.05) is 12.1 Å². The molecule has 3 nitrogen and oxygen atoms in total. The summed E-state index contributed by atoms with van der Waals surface area (Å²) in [6.45, 7) is 2.71. The summed E-state index contributed by atoms with van der Waals surface area (Å²) < 4.78 is 5.37. The largest absolute Gasteiger partial charge is 0.388 e. The zero-order chi connectivity index (χ0) is 13.2. The number of rotatable bonds is 2. The zero-order valence-electron chi connectivity index (χ0n) is 11.6. The molecule has 19 heavy (non-hydrogen) atoms. The zero-order valence-corrected chi connectivity index (χ0v) is 11.6. The molecule has 0 amide bonds. The summed E-state index contributed by atoms with van der Waals surface area (Å²) >= 11 is 0. The summed E-state index contributed by atoms with van der Waals surface area (Å²) in [7, 11) is 2.15. The fraction of sp³-hybridized carbons (Fsp3) is 0.625. The second-order valence-corrected chi connectivity index (χ2v) is 5.81. The molecule has 3 heteroatoms. The number of hydrogen-bond donors (Lipinski definition) is 1.